The lowest BCUT2D eigenvalue weighted by Crippen LogP contribution is -2.39. The Balaban J connectivity index is 2.35. The average molecular weight is 235 g/mol. The van der Waals surface area contributed by atoms with Crippen LogP contribution in [0.15, 0.2) is 0 Å². The summed E-state index contributed by atoms with van der Waals surface area (Å²) in [5, 5.41) is -1.06. The largest absolute Gasteiger partial charge is 0.271 e. The van der Waals surface area contributed by atoms with Crippen molar-refractivity contribution in [3.05, 3.63) is 0 Å². The van der Waals surface area contributed by atoms with Gasteiger partial charge in [0.25, 0.3) is 5.91 Å². The maximum atomic E-state index is 11.3. The summed E-state index contributed by atoms with van der Waals surface area (Å²) in [5.41, 5.74) is 2.21. The van der Waals surface area contributed by atoms with E-state index in [9.17, 15) is 13.2 Å². The van der Waals surface area contributed by atoms with Crippen molar-refractivity contribution in [3.63, 3.8) is 0 Å². The van der Waals surface area contributed by atoms with Gasteiger partial charge in [-0.15, -0.1) is 0 Å². The summed E-state index contributed by atoms with van der Waals surface area (Å²) in [5.74, 6) is -0.593. The smallest absolute Gasteiger partial charge is 0.261 e. The van der Waals surface area contributed by atoms with Crippen molar-refractivity contribution in [2.75, 3.05) is 6.26 Å². The fourth-order valence-electron chi connectivity index (χ4n) is 1.43. The molecule has 1 aliphatic rings. The molecule has 88 valence electrons. The van der Waals surface area contributed by atoms with Crippen LogP contribution in [0.1, 0.15) is 32.6 Å². The van der Waals surface area contributed by atoms with E-state index in [1.165, 1.54) is 6.92 Å². The molecule has 1 fully saturated rings. The number of hydrogen-bond acceptors (Lipinski definition) is 4. The highest BCUT2D eigenvalue weighted by Crippen LogP contribution is 2.19. The zero-order valence-electron chi connectivity index (χ0n) is 9.02. The van der Waals surface area contributed by atoms with Gasteiger partial charge in [0.05, 0.1) is 6.10 Å². The number of carbonyl (C=O) groups excluding carboxylic acids is 1. The maximum absolute atomic E-state index is 11.3. The van der Waals surface area contributed by atoms with Crippen LogP contribution in [0.5, 0.6) is 0 Å². The van der Waals surface area contributed by atoms with Crippen LogP contribution in [0.2, 0.25) is 0 Å². The summed E-state index contributed by atoms with van der Waals surface area (Å²) in [7, 11) is -3.34. The molecule has 1 saturated carbocycles. The number of hydroxylamine groups is 1. The summed E-state index contributed by atoms with van der Waals surface area (Å²) < 4.78 is 22.1. The topological polar surface area (TPSA) is 72.5 Å². The molecule has 0 heterocycles. The van der Waals surface area contributed by atoms with Crippen LogP contribution in [0.3, 0.4) is 0 Å². The van der Waals surface area contributed by atoms with E-state index in [1.807, 2.05) is 0 Å². The van der Waals surface area contributed by atoms with Gasteiger partial charge in [-0.05, 0) is 19.8 Å². The van der Waals surface area contributed by atoms with Crippen molar-refractivity contribution in [1.82, 2.24) is 5.48 Å². The third kappa shape index (κ3) is 3.79. The molecule has 0 aliphatic heterocycles. The first-order valence-corrected chi connectivity index (χ1v) is 7.01. The first-order valence-electron chi connectivity index (χ1n) is 5.05. The van der Waals surface area contributed by atoms with Gasteiger partial charge in [0.2, 0.25) is 0 Å². The molecule has 1 rings (SSSR count). The molecule has 1 N–H and O–H groups in total. The Labute approximate surface area is 90.1 Å². The molecule has 1 aliphatic carbocycles. The van der Waals surface area contributed by atoms with Gasteiger partial charge >= 0.3 is 0 Å². The Morgan fingerprint density at radius 2 is 1.93 bits per heavy atom. The molecule has 0 bridgehead atoms. The number of amides is 1. The number of nitrogens with one attached hydrogen (secondary N) is 1. The van der Waals surface area contributed by atoms with Gasteiger partial charge in [-0.2, -0.15) is 0 Å². The van der Waals surface area contributed by atoms with E-state index in [-0.39, 0.29) is 6.10 Å². The molecule has 0 spiro atoms. The standard InChI is InChI=1S/C9H17NO4S/c1-7(15(2,12)13)9(11)10-14-8-5-3-4-6-8/h7-8H,3-6H2,1-2H3,(H,10,11). The molecular formula is C9H17NO4S. The van der Waals surface area contributed by atoms with Gasteiger partial charge in [0, 0.05) is 6.26 Å². The average Bonchev–Trinajstić information content (AvgIpc) is 2.63. The van der Waals surface area contributed by atoms with Gasteiger partial charge in [0.15, 0.2) is 9.84 Å². The van der Waals surface area contributed by atoms with Crippen LogP contribution in [0, 0.1) is 0 Å². The Kier molecular flexibility index (Phi) is 4.10. The second-order valence-electron chi connectivity index (χ2n) is 3.96. The Morgan fingerprint density at radius 1 is 1.40 bits per heavy atom. The lowest BCUT2D eigenvalue weighted by molar-refractivity contribution is -0.137. The van der Waals surface area contributed by atoms with Crippen molar-refractivity contribution in [2.24, 2.45) is 0 Å². The van der Waals surface area contributed by atoms with E-state index in [2.05, 4.69) is 5.48 Å². The minimum atomic E-state index is -3.34. The number of hydrogen-bond donors (Lipinski definition) is 1. The van der Waals surface area contributed by atoms with E-state index >= 15 is 0 Å². The molecule has 0 radical (unpaired) electrons. The fourth-order valence-corrected chi connectivity index (χ4v) is 1.86. The van der Waals surface area contributed by atoms with Gasteiger partial charge < -0.3 is 0 Å². The molecule has 0 saturated heterocycles. The number of rotatable bonds is 4. The molecular weight excluding hydrogens is 218 g/mol. The quantitative estimate of drug-likeness (QED) is 0.716. The molecule has 1 unspecified atom stereocenters. The van der Waals surface area contributed by atoms with Gasteiger partial charge in [-0.25, -0.2) is 13.9 Å². The molecule has 15 heavy (non-hydrogen) atoms. The third-order valence-corrected chi connectivity index (χ3v) is 4.14. The molecule has 0 aromatic heterocycles. The summed E-state index contributed by atoms with van der Waals surface area (Å²) in [6.07, 6.45) is 5.12. The first-order chi connectivity index (χ1) is 6.91. The normalized spacial score (nSPS) is 20.1. The maximum Gasteiger partial charge on any atom is 0.261 e. The zero-order chi connectivity index (χ0) is 11.5. The highest BCUT2D eigenvalue weighted by molar-refractivity contribution is 7.92. The highest BCUT2D eigenvalue weighted by atomic mass is 32.2. The SMILES string of the molecule is CC(C(=O)NOC1CCCC1)S(C)(=O)=O. The number of sulfone groups is 1. The molecule has 1 atom stereocenters. The fraction of sp³-hybridized carbons (Fsp3) is 0.889. The lowest BCUT2D eigenvalue weighted by Gasteiger charge is -2.13. The van der Waals surface area contributed by atoms with Crippen LogP contribution in [0.25, 0.3) is 0 Å². The summed E-state index contributed by atoms with van der Waals surface area (Å²) in [4.78, 5) is 16.4. The third-order valence-electron chi connectivity index (χ3n) is 2.64. The predicted molar refractivity (Wildman–Crippen MR) is 55.8 cm³/mol. The van der Waals surface area contributed by atoms with Crippen LogP contribution in [0.4, 0.5) is 0 Å². The molecule has 1 amide bonds. The minimum absolute atomic E-state index is 0.0423. The highest BCUT2D eigenvalue weighted by Gasteiger charge is 2.25. The van der Waals surface area contributed by atoms with E-state index in [1.54, 1.807) is 0 Å². The van der Waals surface area contributed by atoms with Crippen molar-refractivity contribution in [1.29, 1.82) is 0 Å². The van der Waals surface area contributed by atoms with Gasteiger partial charge in [-0.3, -0.25) is 9.63 Å². The summed E-state index contributed by atoms with van der Waals surface area (Å²) >= 11 is 0. The summed E-state index contributed by atoms with van der Waals surface area (Å²) in [6.45, 7) is 1.35. The second-order valence-corrected chi connectivity index (χ2v) is 6.33. The van der Waals surface area contributed by atoms with Gasteiger partial charge in [0.1, 0.15) is 5.25 Å². The summed E-state index contributed by atoms with van der Waals surface area (Å²) in [6, 6.07) is 0. The monoisotopic (exact) mass is 235 g/mol. The van der Waals surface area contributed by atoms with Crippen molar-refractivity contribution in [3.8, 4) is 0 Å². The van der Waals surface area contributed by atoms with Crippen molar-refractivity contribution >= 4 is 15.7 Å². The molecule has 0 aromatic carbocycles. The first kappa shape index (κ1) is 12.4. The minimum Gasteiger partial charge on any atom is -0.271 e. The Hall–Kier alpha value is -0.620. The van der Waals surface area contributed by atoms with Crippen LogP contribution < -0.4 is 5.48 Å². The Morgan fingerprint density at radius 3 is 2.40 bits per heavy atom. The lowest BCUT2D eigenvalue weighted by atomic mass is 10.3. The van der Waals surface area contributed by atoms with E-state index < -0.39 is 21.0 Å². The van der Waals surface area contributed by atoms with E-state index in [0.29, 0.717) is 0 Å². The molecule has 5 nitrogen and oxygen atoms in total. The van der Waals surface area contributed by atoms with Crippen LogP contribution in [-0.2, 0) is 19.5 Å². The zero-order valence-corrected chi connectivity index (χ0v) is 9.84. The number of carbonyl (C=O) groups is 1. The van der Waals surface area contributed by atoms with E-state index in [4.69, 9.17) is 4.84 Å². The van der Waals surface area contributed by atoms with Crippen molar-refractivity contribution < 1.29 is 18.0 Å². The van der Waals surface area contributed by atoms with E-state index in [0.717, 1.165) is 31.9 Å². The predicted octanol–water partition coefficient (Wildman–Crippen LogP) is 0.410. The van der Waals surface area contributed by atoms with Crippen LogP contribution in [-0.4, -0.2) is 31.9 Å². The van der Waals surface area contributed by atoms with Crippen LogP contribution >= 0.6 is 0 Å². The molecule has 0 aromatic rings. The van der Waals surface area contributed by atoms with Gasteiger partial charge in [-0.1, -0.05) is 12.8 Å². The Bertz CT molecular complexity index is 319. The molecule has 6 heteroatoms. The second kappa shape index (κ2) is 4.94. The van der Waals surface area contributed by atoms with Crippen molar-refractivity contribution in [2.45, 2.75) is 44.0 Å².